The Morgan fingerprint density at radius 1 is 1.40 bits per heavy atom. The van der Waals surface area contributed by atoms with E-state index in [0.29, 0.717) is 16.3 Å². The maximum Gasteiger partial charge on any atom is 0.359 e. The third-order valence-electron chi connectivity index (χ3n) is 3.82. The smallest absolute Gasteiger partial charge is 0.359 e. The minimum Gasteiger partial charge on any atom is -0.448 e. The molecular weight excluding hydrogens is 366 g/mol. The minimum atomic E-state index is -1.01. The van der Waals surface area contributed by atoms with E-state index in [1.165, 1.54) is 22.7 Å². The van der Waals surface area contributed by atoms with Gasteiger partial charge in [-0.3, -0.25) is 13.9 Å². The Labute approximate surface area is 152 Å². The Morgan fingerprint density at radius 3 is 2.76 bits per heavy atom. The molecular formula is C15H16ClN5O3S. The van der Waals surface area contributed by atoms with Gasteiger partial charge in [0.2, 0.25) is 0 Å². The van der Waals surface area contributed by atoms with Crippen LogP contribution in [-0.2, 0) is 16.6 Å². The predicted octanol–water partition coefficient (Wildman–Crippen LogP) is 2.58. The number of aromatic nitrogens is 4. The van der Waals surface area contributed by atoms with Gasteiger partial charge in [0.15, 0.2) is 21.9 Å². The van der Waals surface area contributed by atoms with Crippen molar-refractivity contribution in [3.8, 4) is 0 Å². The molecule has 0 fully saturated rings. The standard InChI is InChI=1S/C15H16ClN5O3S/c1-7-10(8(2)20(4)19-7)17-13(22)9(3)24-14(23)11-12(16)18-15-21(11)5-6-25-15/h5-6,9H,1-4H3,(H,17,22)/t9-/m1/s1. The molecule has 0 aliphatic carbocycles. The van der Waals surface area contributed by atoms with Crippen LogP contribution in [0.25, 0.3) is 4.96 Å². The third kappa shape index (κ3) is 3.12. The van der Waals surface area contributed by atoms with Crippen LogP contribution in [-0.4, -0.2) is 37.1 Å². The van der Waals surface area contributed by atoms with Crippen molar-refractivity contribution in [1.82, 2.24) is 19.2 Å². The summed E-state index contributed by atoms with van der Waals surface area (Å²) < 4.78 is 8.46. The Balaban J connectivity index is 1.74. The summed E-state index contributed by atoms with van der Waals surface area (Å²) in [7, 11) is 1.79. The second-order valence-electron chi connectivity index (χ2n) is 5.51. The van der Waals surface area contributed by atoms with Crippen LogP contribution in [0.2, 0.25) is 5.15 Å². The van der Waals surface area contributed by atoms with Gasteiger partial charge in [0.05, 0.1) is 17.1 Å². The van der Waals surface area contributed by atoms with Gasteiger partial charge < -0.3 is 10.1 Å². The number of anilines is 1. The summed E-state index contributed by atoms with van der Waals surface area (Å²) in [5.74, 6) is -1.16. The summed E-state index contributed by atoms with van der Waals surface area (Å²) in [5.41, 5.74) is 2.21. The van der Waals surface area contributed by atoms with E-state index >= 15 is 0 Å². The largest absolute Gasteiger partial charge is 0.448 e. The lowest BCUT2D eigenvalue weighted by molar-refractivity contribution is -0.123. The van der Waals surface area contributed by atoms with Crippen molar-refractivity contribution in [2.45, 2.75) is 26.9 Å². The van der Waals surface area contributed by atoms with E-state index < -0.39 is 18.0 Å². The lowest BCUT2D eigenvalue weighted by atomic mass is 10.3. The van der Waals surface area contributed by atoms with Crippen molar-refractivity contribution < 1.29 is 14.3 Å². The third-order valence-corrected chi connectivity index (χ3v) is 4.84. The number of esters is 1. The zero-order chi connectivity index (χ0) is 18.3. The Kier molecular flexibility index (Phi) is 4.53. The van der Waals surface area contributed by atoms with Crippen molar-refractivity contribution in [1.29, 1.82) is 0 Å². The van der Waals surface area contributed by atoms with Crippen molar-refractivity contribution >= 4 is 45.5 Å². The van der Waals surface area contributed by atoms with E-state index in [9.17, 15) is 9.59 Å². The van der Waals surface area contributed by atoms with Gasteiger partial charge in [-0.05, 0) is 20.8 Å². The number of ether oxygens (including phenoxy) is 1. The number of thiazole rings is 1. The van der Waals surface area contributed by atoms with Gasteiger partial charge in [0.1, 0.15) is 0 Å². The highest BCUT2D eigenvalue weighted by Gasteiger charge is 2.26. The molecule has 0 aliphatic rings. The first-order chi connectivity index (χ1) is 11.8. The van der Waals surface area contributed by atoms with Crippen LogP contribution in [0, 0.1) is 13.8 Å². The molecule has 25 heavy (non-hydrogen) atoms. The average Bonchev–Trinajstić information content (AvgIpc) is 3.16. The van der Waals surface area contributed by atoms with E-state index in [4.69, 9.17) is 16.3 Å². The summed E-state index contributed by atoms with van der Waals surface area (Å²) in [4.78, 5) is 29.4. The second kappa shape index (κ2) is 6.49. The first-order valence-corrected chi connectivity index (χ1v) is 8.68. The van der Waals surface area contributed by atoms with Crippen molar-refractivity contribution in [2.75, 3.05) is 5.32 Å². The number of rotatable bonds is 4. The van der Waals surface area contributed by atoms with Crippen LogP contribution >= 0.6 is 22.9 Å². The van der Waals surface area contributed by atoms with E-state index in [1.54, 1.807) is 30.2 Å². The van der Waals surface area contributed by atoms with Gasteiger partial charge in [-0.15, -0.1) is 11.3 Å². The number of nitrogens with one attached hydrogen (secondary N) is 1. The fraction of sp³-hybridized carbons (Fsp3) is 0.333. The van der Waals surface area contributed by atoms with Gasteiger partial charge in [-0.2, -0.15) is 5.10 Å². The molecule has 0 spiro atoms. The molecule has 0 aromatic carbocycles. The highest BCUT2D eigenvalue weighted by Crippen LogP contribution is 2.23. The zero-order valence-corrected chi connectivity index (χ0v) is 15.6. The first-order valence-electron chi connectivity index (χ1n) is 7.42. The van der Waals surface area contributed by atoms with Crippen LogP contribution in [0.5, 0.6) is 0 Å². The molecule has 3 heterocycles. The summed E-state index contributed by atoms with van der Waals surface area (Å²) in [6, 6.07) is 0. The molecule has 10 heteroatoms. The summed E-state index contributed by atoms with van der Waals surface area (Å²) in [6.45, 7) is 5.12. The van der Waals surface area contributed by atoms with Crippen LogP contribution in [0.15, 0.2) is 11.6 Å². The topological polar surface area (TPSA) is 90.5 Å². The number of carbonyl (C=O) groups excluding carboxylic acids is 2. The lowest BCUT2D eigenvalue weighted by Crippen LogP contribution is -2.30. The molecule has 1 amide bonds. The van der Waals surface area contributed by atoms with Crippen LogP contribution in [0.1, 0.15) is 28.8 Å². The van der Waals surface area contributed by atoms with Gasteiger partial charge in [0.25, 0.3) is 5.91 Å². The van der Waals surface area contributed by atoms with Crippen LogP contribution < -0.4 is 5.32 Å². The number of hydrogen-bond donors (Lipinski definition) is 1. The number of carbonyl (C=O) groups is 2. The SMILES string of the molecule is Cc1nn(C)c(C)c1NC(=O)[C@@H](C)OC(=O)c1c(Cl)nc2sccn12. The van der Waals surface area contributed by atoms with Crippen LogP contribution in [0.3, 0.4) is 0 Å². The van der Waals surface area contributed by atoms with E-state index in [-0.39, 0.29) is 10.8 Å². The molecule has 0 radical (unpaired) electrons. The Hall–Kier alpha value is -2.39. The highest BCUT2D eigenvalue weighted by molar-refractivity contribution is 7.15. The number of hydrogen-bond acceptors (Lipinski definition) is 6. The van der Waals surface area contributed by atoms with Crippen molar-refractivity contribution in [3.05, 3.63) is 33.8 Å². The Morgan fingerprint density at radius 2 is 2.12 bits per heavy atom. The molecule has 1 N–H and O–H groups in total. The second-order valence-corrected chi connectivity index (χ2v) is 6.74. The summed E-state index contributed by atoms with van der Waals surface area (Å²) >= 11 is 7.35. The molecule has 3 rings (SSSR count). The molecule has 8 nitrogen and oxygen atoms in total. The lowest BCUT2D eigenvalue weighted by Gasteiger charge is -2.13. The monoisotopic (exact) mass is 381 g/mol. The molecule has 0 bridgehead atoms. The molecule has 1 atom stereocenters. The molecule has 3 aromatic heterocycles. The number of imidazole rings is 1. The van der Waals surface area contributed by atoms with Gasteiger partial charge >= 0.3 is 5.97 Å². The quantitative estimate of drug-likeness (QED) is 0.701. The molecule has 0 unspecified atom stereocenters. The number of fused-ring (bicyclic) bond motifs is 1. The van der Waals surface area contributed by atoms with Gasteiger partial charge in [0, 0.05) is 18.6 Å². The number of nitrogens with zero attached hydrogens (tertiary/aromatic N) is 4. The van der Waals surface area contributed by atoms with Crippen molar-refractivity contribution in [2.24, 2.45) is 7.05 Å². The number of halogens is 1. The summed E-state index contributed by atoms with van der Waals surface area (Å²) in [5, 5.41) is 8.80. The fourth-order valence-electron chi connectivity index (χ4n) is 2.39. The Bertz CT molecular complexity index is 974. The normalized spacial score (nSPS) is 12.4. The number of amides is 1. The number of aryl methyl sites for hydroxylation is 2. The van der Waals surface area contributed by atoms with Gasteiger partial charge in [-0.25, -0.2) is 9.78 Å². The zero-order valence-electron chi connectivity index (χ0n) is 14.0. The van der Waals surface area contributed by atoms with E-state index in [2.05, 4.69) is 15.4 Å². The first kappa shape index (κ1) is 17.4. The molecule has 3 aromatic rings. The van der Waals surface area contributed by atoms with Crippen LogP contribution in [0.4, 0.5) is 5.69 Å². The predicted molar refractivity (Wildman–Crippen MR) is 94.3 cm³/mol. The van der Waals surface area contributed by atoms with E-state index in [1.807, 2.05) is 6.92 Å². The molecule has 0 aliphatic heterocycles. The maximum atomic E-state index is 12.4. The maximum absolute atomic E-state index is 12.4. The fourth-order valence-corrected chi connectivity index (χ4v) is 3.40. The van der Waals surface area contributed by atoms with E-state index in [0.717, 1.165) is 5.69 Å². The minimum absolute atomic E-state index is 0.0448. The van der Waals surface area contributed by atoms with Gasteiger partial charge in [-0.1, -0.05) is 11.6 Å². The van der Waals surface area contributed by atoms with Crippen molar-refractivity contribution in [3.63, 3.8) is 0 Å². The average molecular weight is 382 g/mol. The molecule has 132 valence electrons. The summed E-state index contributed by atoms with van der Waals surface area (Å²) in [6.07, 6.45) is 0.662. The molecule has 0 saturated heterocycles. The highest BCUT2D eigenvalue weighted by atomic mass is 35.5. The molecule has 0 saturated carbocycles.